The molecule has 96 valence electrons. The highest BCUT2D eigenvalue weighted by Crippen LogP contribution is 2.26. The molecule has 2 aromatic rings. The van der Waals surface area contributed by atoms with Crippen LogP contribution in [0.5, 0.6) is 0 Å². The molecule has 3 rings (SSSR count). The Bertz CT molecular complexity index is 563. The molecule has 0 saturated carbocycles. The lowest BCUT2D eigenvalue weighted by Crippen LogP contribution is -2.28. The van der Waals surface area contributed by atoms with Crippen molar-refractivity contribution in [2.75, 3.05) is 13.1 Å². The monoisotopic (exact) mass is 308 g/mol. The van der Waals surface area contributed by atoms with E-state index in [-0.39, 0.29) is 0 Å². The van der Waals surface area contributed by atoms with Crippen LogP contribution < -0.4 is 0 Å². The van der Waals surface area contributed by atoms with Crippen LogP contribution >= 0.6 is 15.9 Å². The van der Waals surface area contributed by atoms with Crippen molar-refractivity contribution in [1.82, 2.24) is 19.5 Å². The molecule has 0 aliphatic carbocycles. The summed E-state index contributed by atoms with van der Waals surface area (Å²) in [5.74, 6) is 1.46. The molecule has 5 heteroatoms. The van der Waals surface area contributed by atoms with Gasteiger partial charge in [-0.15, -0.1) is 0 Å². The van der Waals surface area contributed by atoms with E-state index in [1.54, 1.807) is 0 Å². The third-order valence-electron chi connectivity index (χ3n) is 3.63. The van der Waals surface area contributed by atoms with Crippen molar-refractivity contribution in [3.8, 4) is 0 Å². The van der Waals surface area contributed by atoms with Crippen molar-refractivity contribution in [2.24, 2.45) is 0 Å². The van der Waals surface area contributed by atoms with E-state index in [0.29, 0.717) is 12.0 Å². The molecule has 1 aliphatic heterocycles. The van der Waals surface area contributed by atoms with Gasteiger partial charge in [0.25, 0.3) is 0 Å². The molecule has 0 spiro atoms. The molecule has 1 unspecified atom stereocenters. The predicted octanol–water partition coefficient (Wildman–Crippen LogP) is 2.69. The zero-order chi connectivity index (χ0) is 12.7. The van der Waals surface area contributed by atoms with Gasteiger partial charge in [-0.25, -0.2) is 9.50 Å². The van der Waals surface area contributed by atoms with E-state index in [9.17, 15) is 0 Å². The molecule has 1 aliphatic rings. The van der Waals surface area contributed by atoms with E-state index in [4.69, 9.17) is 0 Å². The van der Waals surface area contributed by atoms with E-state index in [0.717, 1.165) is 35.5 Å². The van der Waals surface area contributed by atoms with Crippen LogP contribution in [0.1, 0.15) is 32.0 Å². The van der Waals surface area contributed by atoms with Gasteiger partial charge in [-0.05, 0) is 38.9 Å². The Morgan fingerprint density at radius 2 is 2.28 bits per heavy atom. The minimum Gasteiger partial charge on any atom is -0.300 e. The average molecular weight is 309 g/mol. The zero-order valence-corrected chi connectivity index (χ0v) is 12.3. The minimum absolute atomic E-state index is 0.478. The molecule has 0 bridgehead atoms. The Hall–Kier alpha value is -0.940. The van der Waals surface area contributed by atoms with Gasteiger partial charge in [-0.1, -0.05) is 15.9 Å². The summed E-state index contributed by atoms with van der Waals surface area (Å²) in [6.45, 7) is 6.73. The minimum atomic E-state index is 0.478. The van der Waals surface area contributed by atoms with Crippen molar-refractivity contribution < 1.29 is 0 Å². The molecule has 0 amide bonds. The number of rotatable bonds is 2. The molecule has 1 fully saturated rings. The Labute approximate surface area is 115 Å². The number of nitrogens with zero attached hydrogens (tertiary/aromatic N) is 4. The molecule has 1 saturated heterocycles. The Morgan fingerprint density at radius 3 is 3.00 bits per heavy atom. The second-order valence-corrected chi connectivity index (χ2v) is 6.11. The molecular weight excluding hydrogens is 292 g/mol. The van der Waals surface area contributed by atoms with E-state index in [1.807, 2.05) is 22.8 Å². The smallest absolute Gasteiger partial charge is 0.156 e. The van der Waals surface area contributed by atoms with E-state index in [2.05, 4.69) is 44.8 Å². The number of pyridine rings is 1. The average Bonchev–Trinajstić information content (AvgIpc) is 2.93. The molecule has 0 aromatic carbocycles. The largest absolute Gasteiger partial charge is 0.300 e. The van der Waals surface area contributed by atoms with Crippen LogP contribution in [0.25, 0.3) is 5.65 Å². The number of hydrogen-bond donors (Lipinski definition) is 0. The van der Waals surface area contributed by atoms with Gasteiger partial charge in [0, 0.05) is 29.2 Å². The van der Waals surface area contributed by atoms with E-state index >= 15 is 0 Å². The maximum absolute atomic E-state index is 4.64. The third kappa shape index (κ3) is 2.17. The summed E-state index contributed by atoms with van der Waals surface area (Å²) in [6.07, 6.45) is 3.11. The molecular formula is C13H17BrN4. The fourth-order valence-corrected chi connectivity index (χ4v) is 2.84. The van der Waals surface area contributed by atoms with Crippen LogP contribution in [-0.2, 0) is 0 Å². The number of fused-ring (bicyclic) bond motifs is 1. The second-order valence-electron chi connectivity index (χ2n) is 5.19. The van der Waals surface area contributed by atoms with Crippen molar-refractivity contribution >= 4 is 21.6 Å². The quantitative estimate of drug-likeness (QED) is 0.855. The molecule has 1 atom stereocenters. The standard InChI is InChI=1S/C13H17BrN4/c1-9(2)17-5-3-10(8-17)13-15-12-7-11(14)4-6-18(12)16-13/h4,6-7,9-10H,3,5,8H2,1-2H3. The maximum Gasteiger partial charge on any atom is 0.156 e. The lowest BCUT2D eigenvalue weighted by molar-refractivity contribution is 0.272. The van der Waals surface area contributed by atoms with Crippen molar-refractivity contribution in [3.63, 3.8) is 0 Å². The van der Waals surface area contributed by atoms with Crippen molar-refractivity contribution in [3.05, 3.63) is 28.6 Å². The predicted molar refractivity (Wildman–Crippen MR) is 74.8 cm³/mol. The van der Waals surface area contributed by atoms with Crippen LogP contribution in [0, 0.1) is 0 Å². The van der Waals surface area contributed by atoms with Crippen LogP contribution in [0.2, 0.25) is 0 Å². The first-order valence-electron chi connectivity index (χ1n) is 6.39. The molecule has 0 radical (unpaired) electrons. The fraction of sp³-hybridized carbons (Fsp3) is 0.538. The van der Waals surface area contributed by atoms with E-state index < -0.39 is 0 Å². The normalized spacial score (nSPS) is 21.2. The summed E-state index contributed by atoms with van der Waals surface area (Å²) < 4.78 is 2.90. The number of halogens is 1. The second kappa shape index (κ2) is 4.63. The summed E-state index contributed by atoms with van der Waals surface area (Å²) in [6, 6.07) is 4.60. The highest BCUT2D eigenvalue weighted by Gasteiger charge is 2.28. The van der Waals surface area contributed by atoms with Crippen LogP contribution in [0.15, 0.2) is 22.8 Å². The summed E-state index contributed by atoms with van der Waals surface area (Å²) in [5.41, 5.74) is 0.919. The number of likely N-dealkylation sites (tertiary alicyclic amines) is 1. The Morgan fingerprint density at radius 1 is 1.44 bits per heavy atom. The zero-order valence-electron chi connectivity index (χ0n) is 10.7. The van der Waals surface area contributed by atoms with Gasteiger partial charge >= 0.3 is 0 Å². The Kier molecular flexibility index (Phi) is 3.11. The topological polar surface area (TPSA) is 33.4 Å². The van der Waals surface area contributed by atoms with Crippen molar-refractivity contribution in [1.29, 1.82) is 0 Å². The SMILES string of the molecule is CC(C)N1CCC(c2nc3cc(Br)ccn3n2)C1. The first-order chi connectivity index (χ1) is 8.63. The Balaban J connectivity index is 1.87. The van der Waals surface area contributed by atoms with Crippen molar-refractivity contribution in [2.45, 2.75) is 32.2 Å². The van der Waals surface area contributed by atoms with Crippen LogP contribution in [0.4, 0.5) is 0 Å². The molecule has 18 heavy (non-hydrogen) atoms. The van der Waals surface area contributed by atoms with Gasteiger partial charge < -0.3 is 4.90 Å². The highest BCUT2D eigenvalue weighted by atomic mass is 79.9. The lowest BCUT2D eigenvalue weighted by atomic mass is 10.1. The molecule has 4 nitrogen and oxygen atoms in total. The summed E-state index contributed by atoms with van der Waals surface area (Å²) >= 11 is 3.46. The van der Waals surface area contributed by atoms with E-state index in [1.165, 1.54) is 0 Å². The summed E-state index contributed by atoms with van der Waals surface area (Å²) in [4.78, 5) is 7.14. The lowest BCUT2D eigenvalue weighted by Gasteiger charge is -2.19. The first-order valence-corrected chi connectivity index (χ1v) is 7.18. The number of aromatic nitrogens is 3. The van der Waals surface area contributed by atoms with Gasteiger partial charge in [0.05, 0.1) is 0 Å². The highest BCUT2D eigenvalue weighted by molar-refractivity contribution is 9.10. The van der Waals surface area contributed by atoms with Gasteiger partial charge in [0.15, 0.2) is 11.5 Å². The van der Waals surface area contributed by atoms with Gasteiger partial charge in [-0.2, -0.15) is 5.10 Å². The first kappa shape index (κ1) is 12.1. The van der Waals surface area contributed by atoms with Crippen LogP contribution in [-0.4, -0.2) is 38.6 Å². The molecule has 3 heterocycles. The fourth-order valence-electron chi connectivity index (χ4n) is 2.51. The summed E-state index contributed by atoms with van der Waals surface area (Å²) in [7, 11) is 0. The van der Waals surface area contributed by atoms with Crippen LogP contribution in [0.3, 0.4) is 0 Å². The van der Waals surface area contributed by atoms with Gasteiger partial charge in [-0.3, -0.25) is 0 Å². The molecule has 2 aromatic heterocycles. The molecule has 0 N–H and O–H groups in total. The third-order valence-corrected chi connectivity index (χ3v) is 4.12. The maximum atomic E-state index is 4.64. The number of hydrogen-bond acceptors (Lipinski definition) is 3. The van der Waals surface area contributed by atoms with Gasteiger partial charge in [0.2, 0.25) is 0 Å². The van der Waals surface area contributed by atoms with Gasteiger partial charge in [0.1, 0.15) is 0 Å². The summed E-state index contributed by atoms with van der Waals surface area (Å²) in [5, 5.41) is 4.59.